The van der Waals surface area contributed by atoms with Crippen molar-refractivity contribution in [2.45, 2.75) is 33.4 Å². The summed E-state index contributed by atoms with van der Waals surface area (Å²) in [7, 11) is 0. The Hall–Kier alpha value is -1.70. The number of carbonyl (C=O) groups excluding carboxylic acids is 2. The number of imide groups is 1. The number of nitrogens with zero attached hydrogens (tertiary/aromatic N) is 2. The Morgan fingerprint density at radius 2 is 1.85 bits per heavy atom. The molecule has 1 aromatic rings. The highest BCUT2D eigenvalue weighted by Gasteiger charge is 2.27. The summed E-state index contributed by atoms with van der Waals surface area (Å²) >= 11 is 6.10. The van der Waals surface area contributed by atoms with Crippen LogP contribution in [0.1, 0.15) is 26.3 Å². The van der Waals surface area contributed by atoms with E-state index in [4.69, 9.17) is 11.6 Å². The van der Waals surface area contributed by atoms with Crippen LogP contribution in [0.25, 0.3) is 0 Å². The van der Waals surface area contributed by atoms with Crippen LogP contribution in [0, 0.1) is 11.7 Å². The fraction of sp³-hybridized carbons (Fsp3) is 0.579. The first kappa shape index (κ1) is 21.6. The summed E-state index contributed by atoms with van der Waals surface area (Å²) < 4.78 is 13.9. The van der Waals surface area contributed by atoms with Gasteiger partial charge >= 0.3 is 6.03 Å². The van der Waals surface area contributed by atoms with Crippen LogP contribution in [0.15, 0.2) is 18.2 Å². The summed E-state index contributed by atoms with van der Waals surface area (Å²) in [5.41, 5.74) is 0.500. The summed E-state index contributed by atoms with van der Waals surface area (Å²) in [4.78, 5) is 28.1. The highest BCUT2D eigenvalue weighted by Crippen LogP contribution is 2.21. The van der Waals surface area contributed by atoms with E-state index in [2.05, 4.69) is 15.5 Å². The Morgan fingerprint density at radius 3 is 2.44 bits per heavy atom. The second kappa shape index (κ2) is 10.0. The number of halogens is 2. The van der Waals surface area contributed by atoms with E-state index in [-0.39, 0.29) is 11.7 Å². The van der Waals surface area contributed by atoms with Gasteiger partial charge in [0.25, 0.3) is 0 Å². The van der Waals surface area contributed by atoms with Crippen molar-refractivity contribution >= 4 is 23.5 Å². The lowest BCUT2D eigenvalue weighted by molar-refractivity contribution is -0.125. The molecule has 0 aliphatic carbocycles. The van der Waals surface area contributed by atoms with Crippen LogP contribution in [0.4, 0.5) is 9.18 Å². The van der Waals surface area contributed by atoms with Crippen LogP contribution < -0.4 is 10.6 Å². The van der Waals surface area contributed by atoms with E-state index in [1.807, 2.05) is 18.7 Å². The average molecular weight is 399 g/mol. The molecule has 6 nitrogen and oxygen atoms in total. The fourth-order valence-electron chi connectivity index (χ4n) is 2.94. The SMILES string of the molecule is CC(C)CNC(=O)NC(=O)C(C)N1CCN(Cc2c(F)cccc2Cl)CC1. The first-order chi connectivity index (χ1) is 12.8. The molecule has 150 valence electrons. The van der Waals surface area contributed by atoms with Gasteiger partial charge in [0.2, 0.25) is 5.91 Å². The van der Waals surface area contributed by atoms with Crippen molar-refractivity contribution in [3.8, 4) is 0 Å². The van der Waals surface area contributed by atoms with Crippen molar-refractivity contribution in [3.05, 3.63) is 34.6 Å². The number of rotatable bonds is 6. The number of carbonyl (C=O) groups is 2. The number of urea groups is 1. The average Bonchev–Trinajstić information content (AvgIpc) is 2.63. The van der Waals surface area contributed by atoms with Gasteiger partial charge in [0.05, 0.1) is 6.04 Å². The minimum Gasteiger partial charge on any atom is -0.338 e. The van der Waals surface area contributed by atoms with Gasteiger partial charge in [0, 0.05) is 49.9 Å². The van der Waals surface area contributed by atoms with Gasteiger partial charge in [-0.25, -0.2) is 9.18 Å². The summed E-state index contributed by atoms with van der Waals surface area (Å²) in [5, 5.41) is 5.49. The van der Waals surface area contributed by atoms with Gasteiger partial charge in [0.1, 0.15) is 5.82 Å². The quantitative estimate of drug-likeness (QED) is 0.772. The van der Waals surface area contributed by atoms with E-state index in [0.29, 0.717) is 55.8 Å². The number of nitrogens with one attached hydrogen (secondary N) is 2. The number of hydrogen-bond acceptors (Lipinski definition) is 4. The molecule has 1 aliphatic heterocycles. The van der Waals surface area contributed by atoms with Gasteiger partial charge in [0.15, 0.2) is 0 Å². The number of piperazine rings is 1. The predicted octanol–water partition coefficient (Wildman–Crippen LogP) is 2.47. The van der Waals surface area contributed by atoms with Gasteiger partial charge in [-0.3, -0.25) is 19.9 Å². The van der Waals surface area contributed by atoms with E-state index in [1.165, 1.54) is 6.07 Å². The van der Waals surface area contributed by atoms with Crippen molar-refractivity contribution in [3.63, 3.8) is 0 Å². The van der Waals surface area contributed by atoms with Gasteiger partial charge in [-0.2, -0.15) is 0 Å². The van der Waals surface area contributed by atoms with Gasteiger partial charge in [-0.05, 0) is 25.0 Å². The largest absolute Gasteiger partial charge is 0.338 e. The van der Waals surface area contributed by atoms with Crippen LogP contribution in [-0.4, -0.2) is 60.5 Å². The molecule has 2 N–H and O–H groups in total. The van der Waals surface area contributed by atoms with Crippen molar-refractivity contribution in [1.82, 2.24) is 20.4 Å². The molecule has 1 unspecified atom stereocenters. The van der Waals surface area contributed by atoms with Crippen LogP contribution in [-0.2, 0) is 11.3 Å². The topological polar surface area (TPSA) is 64.7 Å². The van der Waals surface area contributed by atoms with E-state index >= 15 is 0 Å². The van der Waals surface area contributed by atoms with Crippen molar-refractivity contribution in [2.24, 2.45) is 5.92 Å². The Labute approximate surface area is 165 Å². The molecule has 1 aromatic carbocycles. The maximum absolute atomic E-state index is 13.9. The molecule has 0 bridgehead atoms. The molecule has 1 saturated heterocycles. The Morgan fingerprint density at radius 1 is 1.19 bits per heavy atom. The van der Waals surface area contributed by atoms with Crippen molar-refractivity contribution < 1.29 is 14.0 Å². The zero-order valence-corrected chi connectivity index (χ0v) is 16.9. The third-order valence-corrected chi connectivity index (χ3v) is 5.04. The standard InChI is InChI=1S/C19H28ClFN4O2/c1-13(2)11-22-19(27)23-18(26)14(3)25-9-7-24(8-10-25)12-15-16(20)5-4-6-17(15)21/h4-6,13-14H,7-12H2,1-3H3,(H2,22,23,26,27). The molecular formula is C19H28ClFN4O2. The molecular weight excluding hydrogens is 371 g/mol. The molecule has 2 rings (SSSR count). The van der Waals surface area contributed by atoms with E-state index in [9.17, 15) is 14.0 Å². The normalized spacial score (nSPS) is 17.0. The van der Waals surface area contributed by atoms with E-state index in [0.717, 1.165) is 0 Å². The summed E-state index contributed by atoms with van der Waals surface area (Å²) in [5.74, 6) is -0.300. The Kier molecular flexibility index (Phi) is 8.01. The number of benzene rings is 1. The summed E-state index contributed by atoms with van der Waals surface area (Å²) in [6, 6.07) is 3.82. The minimum absolute atomic E-state index is 0.301. The summed E-state index contributed by atoms with van der Waals surface area (Å²) in [6.07, 6.45) is 0. The van der Waals surface area contributed by atoms with Crippen LogP contribution in [0.5, 0.6) is 0 Å². The summed E-state index contributed by atoms with van der Waals surface area (Å²) in [6.45, 7) is 9.43. The number of amides is 3. The second-order valence-corrected chi connectivity index (χ2v) is 7.69. The minimum atomic E-state index is -0.464. The maximum Gasteiger partial charge on any atom is 0.321 e. The Bertz CT molecular complexity index is 643. The van der Waals surface area contributed by atoms with E-state index in [1.54, 1.807) is 19.1 Å². The Balaban J connectivity index is 1.80. The number of hydrogen-bond donors (Lipinski definition) is 2. The maximum atomic E-state index is 13.9. The third kappa shape index (κ3) is 6.45. The molecule has 1 atom stereocenters. The molecule has 27 heavy (non-hydrogen) atoms. The molecule has 1 aliphatic rings. The highest BCUT2D eigenvalue weighted by atomic mass is 35.5. The zero-order chi connectivity index (χ0) is 20.0. The lowest BCUT2D eigenvalue weighted by Gasteiger charge is -2.37. The molecule has 1 fully saturated rings. The monoisotopic (exact) mass is 398 g/mol. The van der Waals surface area contributed by atoms with Gasteiger partial charge in [-0.15, -0.1) is 0 Å². The lowest BCUT2D eigenvalue weighted by Crippen LogP contribution is -2.55. The van der Waals surface area contributed by atoms with Gasteiger partial charge < -0.3 is 5.32 Å². The molecule has 0 aromatic heterocycles. The lowest BCUT2D eigenvalue weighted by atomic mass is 10.1. The van der Waals surface area contributed by atoms with Gasteiger partial charge in [-0.1, -0.05) is 31.5 Å². The third-order valence-electron chi connectivity index (χ3n) is 4.69. The van der Waals surface area contributed by atoms with Crippen LogP contribution >= 0.6 is 11.6 Å². The molecule has 8 heteroatoms. The molecule has 0 spiro atoms. The second-order valence-electron chi connectivity index (χ2n) is 7.28. The molecule has 3 amide bonds. The first-order valence-corrected chi connectivity index (χ1v) is 9.63. The zero-order valence-electron chi connectivity index (χ0n) is 16.1. The molecule has 0 saturated carbocycles. The predicted molar refractivity (Wildman–Crippen MR) is 104 cm³/mol. The first-order valence-electron chi connectivity index (χ1n) is 9.26. The molecule has 0 radical (unpaired) electrons. The van der Waals surface area contributed by atoms with Crippen LogP contribution in [0.2, 0.25) is 5.02 Å². The van der Waals surface area contributed by atoms with Crippen molar-refractivity contribution in [1.29, 1.82) is 0 Å². The smallest absolute Gasteiger partial charge is 0.321 e. The van der Waals surface area contributed by atoms with Crippen LogP contribution in [0.3, 0.4) is 0 Å². The van der Waals surface area contributed by atoms with E-state index < -0.39 is 12.1 Å². The van der Waals surface area contributed by atoms with Crippen molar-refractivity contribution in [2.75, 3.05) is 32.7 Å². The fourth-order valence-corrected chi connectivity index (χ4v) is 3.16. The molecule has 1 heterocycles. The highest BCUT2D eigenvalue weighted by molar-refractivity contribution is 6.31.